The second kappa shape index (κ2) is 7.27. The number of rotatable bonds is 6. The molecule has 124 valence electrons. The Hall–Kier alpha value is -2.67. The minimum Gasteiger partial charge on any atom is -0.497 e. The maximum absolute atomic E-state index is 12.2. The van der Waals surface area contributed by atoms with Gasteiger partial charge < -0.3 is 10.1 Å². The van der Waals surface area contributed by atoms with Gasteiger partial charge in [-0.25, -0.2) is 9.67 Å². The van der Waals surface area contributed by atoms with Gasteiger partial charge in [-0.1, -0.05) is 12.1 Å². The Morgan fingerprint density at radius 2 is 2.12 bits per heavy atom. The first-order chi connectivity index (χ1) is 11.7. The highest BCUT2D eigenvalue weighted by molar-refractivity contribution is 7.10. The Kier molecular flexibility index (Phi) is 4.90. The highest BCUT2D eigenvalue weighted by Gasteiger charge is 2.15. The van der Waals surface area contributed by atoms with E-state index in [1.165, 1.54) is 17.3 Å². The molecule has 1 aromatic carbocycles. The Balaban J connectivity index is 1.60. The predicted octanol–water partition coefficient (Wildman–Crippen LogP) is 2.89. The maximum Gasteiger partial charge on any atom is 0.244 e. The number of methoxy groups -OCH3 is 1. The fraction of sp³-hybridized carbons (Fsp3) is 0.235. The molecule has 7 heteroatoms. The Bertz CT molecular complexity index is 796. The summed E-state index contributed by atoms with van der Waals surface area (Å²) in [6, 6.07) is 9.63. The van der Waals surface area contributed by atoms with Crippen molar-refractivity contribution in [2.24, 2.45) is 0 Å². The number of aromatic nitrogens is 3. The molecular formula is C17H18N4O2S. The number of ether oxygens (including phenoxy) is 1. The minimum absolute atomic E-state index is 0.0834. The molecule has 24 heavy (non-hydrogen) atoms. The van der Waals surface area contributed by atoms with Crippen molar-refractivity contribution < 1.29 is 9.53 Å². The molecule has 1 amide bonds. The van der Waals surface area contributed by atoms with Gasteiger partial charge in [-0.2, -0.15) is 5.10 Å². The van der Waals surface area contributed by atoms with Gasteiger partial charge in [-0.3, -0.25) is 4.79 Å². The summed E-state index contributed by atoms with van der Waals surface area (Å²) in [5.74, 6) is 0.753. The zero-order valence-corrected chi connectivity index (χ0v) is 14.3. The Morgan fingerprint density at radius 3 is 2.79 bits per heavy atom. The molecule has 0 saturated heterocycles. The van der Waals surface area contributed by atoms with Crippen LogP contribution in [0.25, 0.3) is 11.1 Å². The smallest absolute Gasteiger partial charge is 0.244 e. The summed E-state index contributed by atoms with van der Waals surface area (Å²) >= 11 is 1.62. The molecule has 0 aliphatic rings. The first-order valence-corrected chi connectivity index (χ1v) is 8.39. The summed E-state index contributed by atoms with van der Waals surface area (Å²) in [4.78, 5) is 17.1. The average Bonchev–Trinajstić information content (AvgIpc) is 3.31. The highest BCUT2D eigenvalue weighted by atomic mass is 32.1. The number of amides is 1. The average molecular weight is 342 g/mol. The topological polar surface area (TPSA) is 69.0 Å². The first kappa shape index (κ1) is 16.2. The van der Waals surface area contributed by atoms with E-state index in [1.807, 2.05) is 24.3 Å². The molecule has 6 nitrogen and oxygen atoms in total. The molecule has 1 atom stereocenters. The van der Waals surface area contributed by atoms with Gasteiger partial charge in [0.15, 0.2) is 0 Å². The van der Waals surface area contributed by atoms with Crippen LogP contribution in [0, 0.1) is 0 Å². The van der Waals surface area contributed by atoms with E-state index in [4.69, 9.17) is 4.74 Å². The number of thiophene rings is 1. The lowest BCUT2D eigenvalue weighted by atomic mass is 10.1. The molecule has 0 spiro atoms. The maximum atomic E-state index is 12.2. The summed E-state index contributed by atoms with van der Waals surface area (Å²) in [5, 5.41) is 9.01. The van der Waals surface area contributed by atoms with Gasteiger partial charge in [-0.15, -0.1) is 11.3 Å². The second-order valence-electron chi connectivity index (χ2n) is 5.30. The number of nitrogens with zero attached hydrogens (tertiary/aromatic N) is 3. The summed E-state index contributed by atoms with van der Waals surface area (Å²) in [6.07, 6.45) is 2.96. The van der Waals surface area contributed by atoms with Crippen LogP contribution >= 0.6 is 11.3 Å². The predicted molar refractivity (Wildman–Crippen MR) is 92.9 cm³/mol. The molecule has 0 aliphatic carbocycles. The van der Waals surface area contributed by atoms with Crippen LogP contribution in [0.4, 0.5) is 0 Å². The molecule has 0 radical (unpaired) electrons. The van der Waals surface area contributed by atoms with Gasteiger partial charge in [0.1, 0.15) is 24.4 Å². The Morgan fingerprint density at radius 1 is 1.33 bits per heavy atom. The summed E-state index contributed by atoms with van der Waals surface area (Å²) in [7, 11) is 1.65. The van der Waals surface area contributed by atoms with Gasteiger partial charge in [0, 0.05) is 4.88 Å². The van der Waals surface area contributed by atoms with Crippen LogP contribution in [0.15, 0.2) is 48.4 Å². The van der Waals surface area contributed by atoms with Gasteiger partial charge in [0.2, 0.25) is 5.91 Å². The van der Waals surface area contributed by atoms with E-state index >= 15 is 0 Å². The van der Waals surface area contributed by atoms with Gasteiger partial charge >= 0.3 is 0 Å². The molecule has 0 saturated carbocycles. The molecular weight excluding hydrogens is 324 g/mol. The largest absolute Gasteiger partial charge is 0.497 e. The normalized spacial score (nSPS) is 11.9. The molecule has 0 unspecified atom stereocenters. The van der Waals surface area contributed by atoms with E-state index in [2.05, 4.69) is 26.8 Å². The fourth-order valence-corrected chi connectivity index (χ4v) is 3.10. The van der Waals surface area contributed by atoms with E-state index in [0.717, 1.165) is 21.8 Å². The van der Waals surface area contributed by atoms with E-state index in [0.29, 0.717) is 6.54 Å². The number of carbonyl (C=O) groups is 1. The summed E-state index contributed by atoms with van der Waals surface area (Å²) in [6.45, 7) is 2.29. The second-order valence-corrected chi connectivity index (χ2v) is 6.30. The van der Waals surface area contributed by atoms with Crippen LogP contribution in [0.3, 0.4) is 0 Å². The third kappa shape index (κ3) is 3.62. The lowest BCUT2D eigenvalue weighted by Crippen LogP contribution is -2.30. The molecule has 3 aromatic rings. The van der Waals surface area contributed by atoms with E-state index in [-0.39, 0.29) is 11.9 Å². The van der Waals surface area contributed by atoms with Gasteiger partial charge in [0.25, 0.3) is 0 Å². The van der Waals surface area contributed by atoms with E-state index in [1.54, 1.807) is 25.4 Å². The number of nitrogens with one attached hydrogen (secondary N) is 1. The van der Waals surface area contributed by atoms with Crippen LogP contribution in [-0.2, 0) is 11.3 Å². The highest BCUT2D eigenvalue weighted by Crippen LogP contribution is 2.27. The van der Waals surface area contributed by atoms with Crippen molar-refractivity contribution in [3.8, 4) is 16.9 Å². The zero-order valence-electron chi connectivity index (χ0n) is 13.5. The van der Waals surface area contributed by atoms with Crippen LogP contribution in [0.5, 0.6) is 5.75 Å². The van der Waals surface area contributed by atoms with Crippen LogP contribution in [0.2, 0.25) is 0 Å². The van der Waals surface area contributed by atoms with Gasteiger partial charge in [0.05, 0.1) is 13.7 Å². The van der Waals surface area contributed by atoms with Crippen molar-refractivity contribution in [3.05, 3.63) is 53.2 Å². The van der Waals surface area contributed by atoms with Crippen molar-refractivity contribution in [1.29, 1.82) is 0 Å². The third-order valence-electron chi connectivity index (χ3n) is 3.73. The SMILES string of the molecule is COc1ccc(-c2csc(CNC(=O)[C@@H](C)n3cncn3)c2)cc1. The van der Waals surface area contributed by atoms with Crippen LogP contribution in [-0.4, -0.2) is 27.8 Å². The first-order valence-electron chi connectivity index (χ1n) is 7.51. The van der Waals surface area contributed by atoms with E-state index in [9.17, 15) is 4.79 Å². The van der Waals surface area contributed by atoms with Crippen molar-refractivity contribution in [3.63, 3.8) is 0 Å². The van der Waals surface area contributed by atoms with Crippen molar-refractivity contribution >= 4 is 17.2 Å². The van der Waals surface area contributed by atoms with Gasteiger partial charge in [-0.05, 0) is 41.6 Å². The van der Waals surface area contributed by atoms with Crippen molar-refractivity contribution in [2.45, 2.75) is 19.5 Å². The van der Waals surface area contributed by atoms with Crippen LogP contribution < -0.4 is 10.1 Å². The molecule has 2 heterocycles. The monoisotopic (exact) mass is 342 g/mol. The Labute approximate surface area is 144 Å². The number of carbonyl (C=O) groups excluding carboxylic acids is 1. The van der Waals surface area contributed by atoms with Crippen molar-refractivity contribution in [2.75, 3.05) is 7.11 Å². The van der Waals surface area contributed by atoms with Crippen molar-refractivity contribution in [1.82, 2.24) is 20.1 Å². The number of hydrogen-bond acceptors (Lipinski definition) is 5. The molecule has 2 aromatic heterocycles. The number of benzene rings is 1. The quantitative estimate of drug-likeness (QED) is 0.748. The number of hydrogen-bond donors (Lipinski definition) is 1. The lowest BCUT2D eigenvalue weighted by molar-refractivity contribution is -0.124. The summed E-state index contributed by atoms with van der Waals surface area (Å²) < 4.78 is 6.71. The summed E-state index contributed by atoms with van der Waals surface area (Å²) in [5.41, 5.74) is 2.26. The molecule has 0 fully saturated rings. The molecule has 1 N–H and O–H groups in total. The molecule has 3 rings (SSSR count). The minimum atomic E-state index is -0.381. The van der Waals surface area contributed by atoms with E-state index < -0.39 is 0 Å². The molecule has 0 bridgehead atoms. The zero-order chi connectivity index (χ0) is 16.9. The molecule has 0 aliphatic heterocycles. The lowest BCUT2D eigenvalue weighted by Gasteiger charge is -2.11. The third-order valence-corrected chi connectivity index (χ3v) is 4.66. The van der Waals surface area contributed by atoms with Crippen LogP contribution in [0.1, 0.15) is 17.8 Å². The standard InChI is InChI=1S/C17H18N4O2S/c1-12(21-11-18-10-20-21)17(22)19-8-16-7-14(9-24-16)13-3-5-15(23-2)6-4-13/h3-7,9-12H,8H2,1-2H3,(H,19,22)/t12-/m1/s1. The fourth-order valence-electron chi connectivity index (χ4n) is 2.27.